The normalized spacial score (nSPS) is 18.2. The number of nitrogens with one attached hydrogen (secondary N) is 2. The minimum absolute atomic E-state index is 0.257. The molecule has 2 aromatic rings. The zero-order valence-electron chi connectivity index (χ0n) is 19.7. The monoisotopic (exact) mass is 500 g/mol. The third kappa shape index (κ3) is 6.84. The highest BCUT2D eigenvalue weighted by Gasteiger charge is 2.26. The van der Waals surface area contributed by atoms with Crippen LogP contribution < -0.4 is 15.4 Å². The molecule has 1 atom stereocenters. The molecule has 1 amide bonds. The number of nitrogens with zero attached hydrogens (tertiary/aromatic N) is 2. The van der Waals surface area contributed by atoms with Gasteiger partial charge in [0.2, 0.25) is 0 Å². The average Bonchev–Trinajstić information content (AvgIpc) is 2.87. The Bertz CT molecular complexity index is 1100. The number of benzene rings is 1. The van der Waals surface area contributed by atoms with Crippen molar-refractivity contribution >= 4 is 29.3 Å². The van der Waals surface area contributed by atoms with Crippen LogP contribution in [0.2, 0.25) is 5.02 Å². The highest BCUT2D eigenvalue weighted by molar-refractivity contribution is 6.33. The van der Waals surface area contributed by atoms with Gasteiger partial charge in [0, 0.05) is 25.4 Å². The summed E-state index contributed by atoms with van der Waals surface area (Å²) in [5.74, 6) is -0.110. The van der Waals surface area contributed by atoms with Gasteiger partial charge in [-0.1, -0.05) is 11.6 Å². The molecular formula is C25H29ClN4O5. The Hall–Kier alpha value is -3.35. The number of ether oxygens (including phenoxy) is 2. The van der Waals surface area contributed by atoms with E-state index in [1.165, 1.54) is 6.20 Å². The van der Waals surface area contributed by atoms with E-state index in [1.54, 1.807) is 38.5 Å². The lowest BCUT2D eigenvalue weighted by atomic mass is 9.82. The lowest BCUT2D eigenvalue weighted by molar-refractivity contribution is -0.143. The van der Waals surface area contributed by atoms with Crippen molar-refractivity contribution in [2.75, 3.05) is 32.7 Å². The molecule has 9 nitrogen and oxygen atoms in total. The van der Waals surface area contributed by atoms with Crippen LogP contribution in [0.1, 0.15) is 53.2 Å². The van der Waals surface area contributed by atoms with Crippen LogP contribution in [-0.4, -0.2) is 49.3 Å². The summed E-state index contributed by atoms with van der Waals surface area (Å²) < 4.78 is 10.8. The molecule has 3 rings (SSSR count). The molecule has 1 aromatic carbocycles. The lowest BCUT2D eigenvalue weighted by Crippen LogP contribution is -2.32. The summed E-state index contributed by atoms with van der Waals surface area (Å²) in [6, 6.07) is 8.35. The molecule has 186 valence electrons. The fourth-order valence-electron chi connectivity index (χ4n) is 4.24. The van der Waals surface area contributed by atoms with Crippen LogP contribution in [0, 0.1) is 23.2 Å². The molecule has 1 aliphatic rings. The highest BCUT2D eigenvalue weighted by atomic mass is 35.5. The minimum Gasteiger partial charge on any atom is -0.496 e. The standard InChI is InChI=1S/C25H29ClN4O5/c1-34-14-21(19-9-16(11-27)5-8-22(19)35-2)30-23-20(26)10-18(13-28-23)24(31)29-12-15-3-6-17(7-4-15)25(32)33/h5,8-10,13,15,17,21H,3-4,6-7,12,14H2,1-2H3,(H,28,30)(H,29,31)(H,32,33). The zero-order valence-corrected chi connectivity index (χ0v) is 20.5. The molecular weight excluding hydrogens is 472 g/mol. The van der Waals surface area contributed by atoms with Gasteiger partial charge >= 0.3 is 5.97 Å². The van der Waals surface area contributed by atoms with Crippen molar-refractivity contribution in [2.45, 2.75) is 31.7 Å². The summed E-state index contributed by atoms with van der Waals surface area (Å²) in [7, 11) is 3.11. The predicted octanol–water partition coefficient (Wildman–Crippen LogP) is 4.04. The first kappa shape index (κ1) is 26.3. The minimum atomic E-state index is -0.745. The second-order valence-electron chi connectivity index (χ2n) is 8.54. The Morgan fingerprint density at radius 3 is 2.60 bits per heavy atom. The van der Waals surface area contributed by atoms with Crippen LogP contribution in [0.5, 0.6) is 5.75 Å². The topological polar surface area (TPSA) is 134 Å². The van der Waals surface area contributed by atoms with Gasteiger partial charge in [-0.2, -0.15) is 5.26 Å². The van der Waals surface area contributed by atoms with Gasteiger partial charge in [-0.3, -0.25) is 9.59 Å². The Kier molecular flexibility index (Phi) is 9.29. The molecule has 0 aliphatic heterocycles. The van der Waals surface area contributed by atoms with E-state index in [0.29, 0.717) is 47.6 Å². The largest absolute Gasteiger partial charge is 0.496 e. The number of carboxylic acid groups (broad SMARTS) is 1. The van der Waals surface area contributed by atoms with E-state index >= 15 is 0 Å². The van der Waals surface area contributed by atoms with Crippen LogP contribution in [0.3, 0.4) is 0 Å². The maximum Gasteiger partial charge on any atom is 0.306 e. The Morgan fingerprint density at radius 2 is 2.00 bits per heavy atom. The number of carbonyl (C=O) groups is 2. The average molecular weight is 501 g/mol. The molecule has 0 radical (unpaired) electrons. The van der Waals surface area contributed by atoms with E-state index in [9.17, 15) is 14.9 Å². The molecule has 1 saturated carbocycles. The Balaban J connectivity index is 1.66. The van der Waals surface area contributed by atoms with Crippen LogP contribution >= 0.6 is 11.6 Å². The number of halogens is 1. The lowest BCUT2D eigenvalue weighted by Gasteiger charge is -2.26. The third-order valence-corrected chi connectivity index (χ3v) is 6.52. The van der Waals surface area contributed by atoms with Crippen molar-refractivity contribution in [1.29, 1.82) is 5.26 Å². The number of anilines is 1. The maximum atomic E-state index is 12.6. The molecule has 0 bridgehead atoms. The number of pyridine rings is 1. The first-order chi connectivity index (χ1) is 16.9. The second kappa shape index (κ2) is 12.4. The number of aromatic nitrogens is 1. The van der Waals surface area contributed by atoms with Gasteiger partial charge in [0.25, 0.3) is 5.91 Å². The van der Waals surface area contributed by atoms with E-state index in [-0.39, 0.29) is 29.4 Å². The SMILES string of the molecule is COCC(Nc1ncc(C(=O)NCC2CCC(C(=O)O)CC2)cc1Cl)c1cc(C#N)ccc1OC. The number of rotatable bonds is 10. The van der Waals surface area contributed by atoms with Crippen molar-refractivity contribution in [1.82, 2.24) is 10.3 Å². The van der Waals surface area contributed by atoms with Gasteiger partial charge in [-0.15, -0.1) is 0 Å². The summed E-state index contributed by atoms with van der Waals surface area (Å²) in [6.45, 7) is 0.739. The molecule has 1 unspecified atom stereocenters. The number of hydrogen-bond donors (Lipinski definition) is 3. The van der Waals surface area contributed by atoms with E-state index < -0.39 is 12.0 Å². The van der Waals surface area contributed by atoms with E-state index in [1.807, 2.05) is 0 Å². The van der Waals surface area contributed by atoms with Crippen molar-refractivity contribution in [3.8, 4) is 11.8 Å². The number of hydrogen-bond acceptors (Lipinski definition) is 7. The molecule has 1 heterocycles. The van der Waals surface area contributed by atoms with Crippen LogP contribution in [0.4, 0.5) is 5.82 Å². The molecule has 1 aromatic heterocycles. The van der Waals surface area contributed by atoms with Crippen molar-refractivity contribution in [3.63, 3.8) is 0 Å². The smallest absolute Gasteiger partial charge is 0.306 e. The van der Waals surface area contributed by atoms with E-state index in [0.717, 1.165) is 12.8 Å². The van der Waals surface area contributed by atoms with E-state index in [2.05, 4.69) is 21.7 Å². The van der Waals surface area contributed by atoms with Gasteiger partial charge in [0.15, 0.2) is 0 Å². The van der Waals surface area contributed by atoms with Crippen LogP contribution in [0.15, 0.2) is 30.5 Å². The highest BCUT2D eigenvalue weighted by Crippen LogP contribution is 2.32. The second-order valence-corrected chi connectivity index (χ2v) is 8.95. The fraction of sp³-hybridized carbons (Fsp3) is 0.440. The predicted molar refractivity (Wildman–Crippen MR) is 131 cm³/mol. The first-order valence-corrected chi connectivity index (χ1v) is 11.7. The Morgan fingerprint density at radius 1 is 1.26 bits per heavy atom. The van der Waals surface area contributed by atoms with Gasteiger partial charge in [0.1, 0.15) is 11.6 Å². The van der Waals surface area contributed by atoms with Crippen molar-refractivity contribution in [2.24, 2.45) is 11.8 Å². The zero-order chi connectivity index (χ0) is 25.4. The fourth-order valence-corrected chi connectivity index (χ4v) is 4.46. The third-order valence-electron chi connectivity index (χ3n) is 6.23. The first-order valence-electron chi connectivity index (χ1n) is 11.4. The van der Waals surface area contributed by atoms with Gasteiger partial charge in [-0.05, 0) is 55.9 Å². The van der Waals surface area contributed by atoms with Gasteiger partial charge in [-0.25, -0.2) is 4.98 Å². The van der Waals surface area contributed by atoms with Gasteiger partial charge in [0.05, 0.1) is 47.9 Å². The van der Waals surface area contributed by atoms with Crippen LogP contribution in [-0.2, 0) is 9.53 Å². The summed E-state index contributed by atoms with van der Waals surface area (Å²) >= 11 is 6.45. The molecule has 0 saturated heterocycles. The quantitative estimate of drug-likeness (QED) is 0.445. The molecule has 1 aliphatic carbocycles. The van der Waals surface area contributed by atoms with Gasteiger partial charge < -0.3 is 25.2 Å². The summed E-state index contributed by atoms with van der Waals surface area (Å²) in [5.41, 5.74) is 1.52. The number of amides is 1. The van der Waals surface area contributed by atoms with Crippen LogP contribution in [0.25, 0.3) is 0 Å². The molecule has 35 heavy (non-hydrogen) atoms. The summed E-state index contributed by atoms with van der Waals surface area (Å²) in [4.78, 5) is 28.1. The molecule has 3 N–H and O–H groups in total. The number of nitriles is 1. The Labute approximate surface area is 209 Å². The molecule has 10 heteroatoms. The number of methoxy groups -OCH3 is 2. The molecule has 0 spiro atoms. The maximum absolute atomic E-state index is 12.6. The number of aliphatic carboxylic acids is 1. The summed E-state index contributed by atoms with van der Waals surface area (Å²) in [6.07, 6.45) is 4.26. The number of carbonyl (C=O) groups excluding carboxylic acids is 1. The van der Waals surface area contributed by atoms with Crippen molar-refractivity contribution in [3.05, 3.63) is 52.2 Å². The van der Waals surface area contributed by atoms with Crippen molar-refractivity contribution < 1.29 is 24.2 Å². The number of carboxylic acids is 1. The summed E-state index contributed by atoms with van der Waals surface area (Å²) in [5, 5.41) is 24.8. The molecule has 1 fully saturated rings. The van der Waals surface area contributed by atoms with E-state index in [4.69, 9.17) is 26.2 Å².